The summed E-state index contributed by atoms with van der Waals surface area (Å²) in [5.74, 6) is 1.54. The van der Waals surface area contributed by atoms with E-state index in [0.29, 0.717) is 46.0 Å². The third-order valence-corrected chi connectivity index (χ3v) is 21.2. The van der Waals surface area contributed by atoms with E-state index < -0.39 is 0 Å². The number of anilines is 6. The van der Waals surface area contributed by atoms with Gasteiger partial charge in [0.05, 0.1) is 22.1 Å². The Morgan fingerprint density at radius 1 is 0.209 bits per heavy atom. The zero-order chi connectivity index (χ0) is 72.3. The maximum absolute atomic E-state index is 6.56. The van der Waals surface area contributed by atoms with Crippen LogP contribution in [0.25, 0.3) is 178 Å². The molecule has 0 aliphatic rings. The maximum atomic E-state index is 6.56. The molecule has 12 heteroatoms. The quantitative estimate of drug-likeness (QED) is 0.104. The second-order valence-corrected chi connectivity index (χ2v) is 27.8. The van der Waals surface area contributed by atoms with Crippen molar-refractivity contribution in [1.29, 1.82) is 0 Å². The highest BCUT2D eigenvalue weighted by Gasteiger charge is 2.23. The summed E-state index contributed by atoms with van der Waals surface area (Å²) in [6.07, 6.45) is 0. The molecule has 0 aliphatic heterocycles. The summed E-state index contributed by atoms with van der Waals surface area (Å²) < 4.78 is 30.6. The minimum Gasteiger partial charge on any atom is -0.436 e. The normalized spacial score (nSPS) is 11.8. The number of hydrogen-bond donors (Lipinski definition) is 0. The third-order valence-electron chi connectivity index (χ3n) is 21.2. The van der Waals surface area contributed by atoms with Gasteiger partial charge in [0.2, 0.25) is 17.7 Å². The lowest BCUT2D eigenvalue weighted by molar-refractivity contribution is 0.574. The van der Waals surface area contributed by atoms with Gasteiger partial charge in [0.15, 0.2) is 22.3 Å². The molecule has 0 aliphatic carbocycles. The average molecular weight is 1410 g/mol. The highest BCUT2D eigenvalue weighted by molar-refractivity contribution is 6.11. The Bertz CT molecular complexity index is 7290. The summed E-state index contributed by atoms with van der Waals surface area (Å²) in [5, 5.41) is 6.92. The van der Waals surface area contributed by atoms with Crippen molar-refractivity contribution in [2.24, 2.45) is 0 Å². The van der Waals surface area contributed by atoms with Gasteiger partial charge < -0.3 is 32.0 Å². The van der Waals surface area contributed by atoms with E-state index in [1.807, 2.05) is 72.8 Å². The zero-order valence-corrected chi connectivity index (χ0v) is 58.9. The van der Waals surface area contributed by atoms with Crippen molar-refractivity contribution in [2.45, 2.75) is 0 Å². The highest BCUT2D eigenvalue weighted by Crippen LogP contribution is 2.44. The largest absolute Gasteiger partial charge is 0.436 e. The van der Waals surface area contributed by atoms with Crippen LogP contribution in [0.2, 0.25) is 0 Å². The van der Waals surface area contributed by atoms with Gasteiger partial charge in [-0.05, 0) is 226 Å². The lowest BCUT2D eigenvalue weighted by atomic mass is 9.99. The zero-order valence-electron chi connectivity index (χ0n) is 58.9. The molecule has 0 bridgehead atoms. The molecule has 12 nitrogen and oxygen atoms in total. The fraction of sp³-hybridized carbons (Fsp3) is 0. The van der Waals surface area contributed by atoms with Gasteiger partial charge in [0.25, 0.3) is 0 Å². The Hall–Kier alpha value is -15.1. The van der Waals surface area contributed by atoms with Crippen LogP contribution in [0.3, 0.4) is 0 Å². The van der Waals surface area contributed by atoms with E-state index >= 15 is 0 Å². The van der Waals surface area contributed by atoms with Gasteiger partial charge >= 0.3 is 6.01 Å². The van der Waals surface area contributed by atoms with Gasteiger partial charge in [-0.1, -0.05) is 176 Å². The van der Waals surface area contributed by atoms with Crippen molar-refractivity contribution in [1.82, 2.24) is 29.1 Å². The molecule has 0 amide bonds. The molecule has 0 spiro atoms. The Balaban J connectivity index is 0.518. The Morgan fingerprint density at radius 3 is 1.17 bits per heavy atom. The SMILES string of the molecule is c1ccc(-c2ccc(N(c3ccccc3)c3ccc4nc(-c5ccc6nc(-c7ccc(-n8c9ccccc9c9cc(-c%10ccc%11ccc(N(c%12ccccc%12)c%12ccc(-c%13ccc%14nc(-c%15ccc%16nc(-n%17c%18ccccc%18c%18ccccc%18%17)oc%16c%15)oc%14c%13)cc%12)cc%11c%10)ccc98)cc7)oc6c5)oc4c3)cc2)cc1. The number of hydrogen-bond acceptors (Lipinski definition) is 10. The van der Waals surface area contributed by atoms with E-state index in [9.17, 15) is 0 Å². The lowest BCUT2D eigenvalue weighted by Crippen LogP contribution is -2.09. The fourth-order valence-electron chi connectivity index (χ4n) is 15.9. The van der Waals surface area contributed by atoms with Crippen molar-refractivity contribution >= 4 is 133 Å². The Kier molecular flexibility index (Phi) is 14.3. The Morgan fingerprint density at radius 2 is 0.573 bits per heavy atom. The summed E-state index contributed by atoms with van der Waals surface area (Å²) >= 11 is 0. The smallest absolute Gasteiger partial charge is 0.307 e. The first-order chi connectivity index (χ1) is 54.4. The summed E-state index contributed by atoms with van der Waals surface area (Å²) in [4.78, 5) is 24.4. The van der Waals surface area contributed by atoms with Crippen LogP contribution >= 0.6 is 0 Å². The van der Waals surface area contributed by atoms with Crippen LogP contribution in [0.15, 0.2) is 382 Å². The summed E-state index contributed by atoms with van der Waals surface area (Å²) in [7, 11) is 0. The summed E-state index contributed by atoms with van der Waals surface area (Å²) in [6.45, 7) is 0. The number of rotatable bonds is 14. The number of fused-ring (bicyclic) bond motifs is 11. The number of nitrogens with zero attached hydrogens (tertiary/aromatic N) is 8. The first kappa shape index (κ1) is 62.3. The van der Waals surface area contributed by atoms with Crippen molar-refractivity contribution in [3.63, 3.8) is 0 Å². The molecule has 0 fully saturated rings. The minimum atomic E-state index is 0.498. The summed E-state index contributed by atoms with van der Waals surface area (Å²) in [5.41, 5.74) is 26.3. The molecule has 0 saturated carbocycles. The van der Waals surface area contributed by atoms with Crippen molar-refractivity contribution in [3.05, 3.63) is 364 Å². The molecular formula is C98H60N8O4. The second-order valence-electron chi connectivity index (χ2n) is 27.8. The van der Waals surface area contributed by atoms with Gasteiger partial charge in [-0.2, -0.15) is 4.98 Å². The van der Waals surface area contributed by atoms with Crippen molar-refractivity contribution in [3.8, 4) is 79.4 Å². The van der Waals surface area contributed by atoms with Crippen LogP contribution in [-0.2, 0) is 0 Å². The minimum absolute atomic E-state index is 0.498. The number of oxazole rings is 4. The highest BCUT2D eigenvalue weighted by atomic mass is 16.4. The number of aromatic nitrogens is 6. The van der Waals surface area contributed by atoms with Crippen LogP contribution in [0, 0.1) is 0 Å². The molecule has 516 valence electrons. The molecule has 0 atom stereocenters. The van der Waals surface area contributed by atoms with Crippen molar-refractivity contribution < 1.29 is 17.7 Å². The van der Waals surface area contributed by atoms with Gasteiger partial charge in [-0.25, -0.2) is 15.0 Å². The monoisotopic (exact) mass is 1410 g/mol. The first-order valence-electron chi connectivity index (χ1n) is 36.7. The van der Waals surface area contributed by atoms with E-state index in [0.717, 1.165) is 150 Å². The average Bonchev–Trinajstić information content (AvgIpc) is 1.59. The molecule has 0 radical (unpaired) electrons. The second kappa shape index (κ2) is 25.3. The van der Waals surface area contributed by atoms with Gasteiger partial charge in [0.1, 0.15) is 22.1 Å². The first-order valence-corrected chi connectivity index (χ1v) is 36.7. The summed E-state index contributed by atoms with van der Waals surface area (Å²) in [6, 6.07) is 128. The van der Waals surface area contributed by atoms with E-state index in [1.54, 1.807) is 0 Å². The molecule has 6 heterocycles. The predicted octanol–water partition coefficient (Wildman–Crippen LogP) is 26.5. The molecule has 0 saturated heterocycles. The van der Waals surface area contributed by atoms with Gasteiger partial charge in [0, 0.05) is 84.1 Å². The van der Waals surface area contributed by atoms with Crippen LogP contribution < -0.4 is 9.80 Å². The lowest BCUT2D eigenvalue weighted by Gasteiger charge is -2.26. The van der Waals surface area contributed by atoms with Gasteiger partial charge in [-0.15, -0.1) is 0 Å². The van der Waals surface area contributed by atoms with Crippen molar-refractivity contribution in [2.75, 3.05) is 9.80 Å². The molecule has 0 unspecified atom stereocenters. The van der Waals surface area contributed by atoms with Crippen LogP contribution in [0.4, 0.5) is 34.1 Å². The van der Waals surface area contributed by atoms with E-state index in [1.165, 1.54) is 16.3 Å². The molecule has 16 aromatic carbocycles. The third kappa shape index (κ3) is 10.7. The van der Waals surface area contributed by atoms with Crippen LogP contribution in [0.5, 0.6) is 0 Å². The van der Waals surface area contributed by atoms with E-state index in [4.69, 9.17) is 37.6 Å². The fourth-order valence-corrected chi connectivity index (χ4v) is 15.9. The number of benzene rings is 16. The molecule has 22 aromatic rings. The molecular weight excluding hydrogens is 1350 g/mol. The van der Waals surface area contributed by atoms with E-state index in [2.05, 4.69) is 310 Å². The Labute approximate surface area is 629 Å². The van der Waals surface area contributed by atoms with Crippen LogP contribution in [-0.4, -0.2) is 29.1 Å². The topological polar surface area (TPSA) is 120 Å². The van der Waals surface area contributed by atoms with Crippen LogP contribution in [0.1, 0.15) is 0 Å². The molecule has 0 N–H and O–H groups in total. The van der Waals surface area contributed by atoms with E-state index in [-0.39, 0.29) is 0 Å². The molecule has 110 heavy (non-hydrogen) atoms. The molecule has 6 aromatic heterocycles. The molecule has 22 rings (SSSR count). The number of para-hydroxylation sites is 5. The van der Waals surface area contributed by atoms with Gasteiger partial charge in [-0.3, -0.25) is 4.57 Å². The standard InChI is InChI=1S/C98H60N8O4/c1-4-16-61(17-5-1)62-30-41-75(42-31-62)104(73-20-8-3-9-21-73)78-48-52-85-94(60-78)109-97(101-85)69-38-50-84-92(58-69)107-95(99-84)65-35-45-76(46-36-65)105-87-25-13-12-24-81(87)82-56-67(40-53-90(82)105)66-29-28-64-34-47-77(55-71(64)54-66)103(72-18-6-2-7-19-72)74-43-32-63(33-44-74)68-37-49-83-91(57-68)108-96(100-83)70-39-51-86-93(59-70)110-98(102-86)106-88-26-14-10-22-79(88)80-23-11-15-27-89(80)106/h1-60H. The predicted molar refractivity (Wildman–Crippen MR) is 445 cm³/mol. The maximum Gasteiger partial charge on any atom is 0.307 e.